The fraction of sp³-hybridized carbons (Fsp3) is 0.286. The molecule has 1 amide bonds. The minimum Gasteiger partial charge on any atom is -0.372 e. The van der Waals surface area contributed by atoms with Crippen LogP contribution in [0.2, 0.25) is 0 Å². The SMILES string of the molecule is CCC(NC(=O)c1cc(Br)cnc1NC)c1cccs1. The highest BCUT2D eigenvalue weighted by molar-refractivity contribution is 9.10. The zero-order valence-electron chi connectivity index (χ0n) is 11.3. The van der Waals surface area contributed by atoms with E-state index in [0.29, 0.717) is 11.4 Å². The largest absolute Gasteiger partial charge is 0.372 e. The third-order valence-electron chi connectivity index (χ3n) is 2.94. The summed E-state index contributed by atoms with van der Waals surface area (Å²) < 4.78 is 0.783. The number of hydrogen-bond donors (Lipinski definition) is 2. The van der Waals surface area contributed by atoms with Crippen LogP contribution in [0.1, 0.15) is 34.6 Å². The molecule has 1 atom stereocenters. The van der Waals surface area contributed by atoms with Gasteiger partial charge in [0.1, 0.15) is 5.82 Å². The Hall–Kier alpha value is -1.40. The maximum Gasteiger partial charge on any atom is 0.255 e. The number of halogens is 1. The summed E-state index contributed by atoms with van der Waals surface area (Å²) in [6.07, 6.45) is 2.52. The number of thiophene rings is 1. The molecule has 1 unspecified atom stereocenters. The molecule has 0 fully saturated rings. The predicted molar refractivity (Wildman–Crippen MR) is 86.3 cm³/mol. The third-order valence-corrected chi connectivity index (χ3v) is 4.36. The summed E-state index contributed by atoms with van der Waals surface area (Å²) in [6.45, 7) is 2.06. The van der Waals surface area contributed by atoms with Crippen molar-refractivity contribution in [3.8, 4) is 0 Å². The molecule has 0 radical (unpaired) electrons. The average Bonchev–Trinajstić information content (AvgIpc) is 2.98. The van der Waals surface area contributed by atoms with E-state index in [9.17, 15) is 4.79 Å². The number of aromatic nitrogens is 1. The van der Waals surface area contributed by atoms with Crippen LogP contribution in [0.4, 0.5) is 5.82 Å². The van der Waals surface area contributed by atoms with Gasteiger partial charge in [0.05, 0.1) is 11.6 Å². The molecule has 0 bridgehead atoms. The molecule has 2 N–H and O–H groups in total. The van der Waals surface area contributed by atoms with E-state index < -0.39 is 0 Å². The number of hydrogen-bond acceptors (Lipinski definition) is 4. The zero-order valence-corrected chi connectivity index (χ0v) is 13.7. The van der Waals surface area contributed by atoms with Gasteiger partial charge in [-0.1, -0.05) is 13.0 Å². The molecule has 2 rings (SSSR count). The molecular weight excluding hydrogens is 338 g/mol. The van der Waals surface area contributed by atoms with Crippen LogP contribution in [-0.2, 0) is 0 Å². The fourth-order valence-corrected chi connectivity index (χ4v) is 3.10. The van der Waals surface area contributed by atoms with Gasteiger partial charge >= 0.3 is 0 Å². The van der Waals surface area contributed by atoms with Crippen molar-refractivity contribution < 1.29 is 4.79 Å². The topological polar surface area (TPSA) is 54.0 Å². The summed E-state index contributed by atoms with van der Waals surface area (Å²) in [5.41, 5.74) is 0.539. The van der Waals surface area contributed by atoms with E-state index in [1.165, 1.54) is 0 Å². The standard InChI is InChI=1S/C14H16BrN3OS/c1-3-11(12-5-4-6-20-12)18-14(19)10-7-9(15)8-17-13(10)16-2/h4-8,11H,3H2,1-2H3,(H,16,17)(H,18,19). The Morgan fingerprint density at radius 2 is 2.35 bits per heavy atom. The van der Waals surface area contributed by atoms with E-state index in [0.717, 1.165) is 15.8 Å². The summed E-state index contributed by atoms with van der Waals surface area (Å²) in [6, 6.07) is 5.84. The van der Waals surface area contributed by atoms with Gasteiger partial charge in [0, 0.05) is 22.6 Å². The smallest absolute Gasteiger partial charge is 0.255 e. The Labute approximate surface area is 130 Å². The van der Waals surface area contributed by atoms with Crippen molar-refractivity contribution in [1.29, 1.82) is 0 Å². The summed E-state index contributed by atoms with van der Waals surface area (Å²) >= 11 is 5.00. The number of nitrogens with zero attached hydrogens (tertiary/aromatic N) is 1. The summed E-state index contributed by atoms with van der Waals surface area (Å²) in [5, 5.41) is 8.02. The molecular formula is C14H16BrN3OS. The maximum absolute atomic E-state index is 12.4. The lowest BCUT2D eigenvalue weighted by molar-refractivity contribution is 0.0936. The first-order valence-electron chi connectivity index (χ1n) is 6.33. The molecule has 2 heterocycles. The molecule has 106 valence electrons. The molecule has 2 aromatic heterocycles. The first kappa shape index (κ1) is 15.0. The van der Waals surface area contributed by atoms with Crippen molar-refractivity contribution in [3.63, 3.8) is 0 Å². The minimum atomic E-state index is -0.122. The van der Waals surface area contributed by atoms with Crippen molar-refractivity contribution >= 4 is 39.0 Å². The summed E-state index contributed by atoms with van der Waals surface area (Å²) in [4.78, 5) is 17.8. The molecule has 6 heteroatoms. The Balaban J connectivity index is 2.21. The normalized spacial score (nSPS) is 11.9. The first-order valence-corrected chi connectivity index (χ1v) is 8.00. The summed E-state index contributed by atoms with van der Waals surface area (Å²) in [5.74, 6) is 0.454. The summed E-state index contributed by atoms with van der Waals surface area (Å²) in [7, 11) is 1.75. The van der Waals surface area contributed by atoms with Crippen LogP contribution in [0.3, 0.4) is 0 Å². The second kappa shape index (κ2) is 6.85. The van der Waals surface area contributed by atoms with Gasteiger partial charge in [0.25, 0.3) is 5.91 Å². The van der Waals surface area contributed by atoms with Gasteiger partial charge in [-0.3, -0.25) is 4.79 Å². The van der Waals surface area contributed by atoms with Crippen LogP contribution in [0.25, 0.3) is 0 Å². The van der Waals surface area contributed by atoms with Gasteiger partial charge in [-0.05, 0) is 39.9 Å². The monoisotopic (exact) mass is 353 g/mol. The second-order valence-electron chi connectivity index (χ2n) is 4.25. The Bertz CT molecular complexity index is 586. The van der Waals surface area contributed by atoms with Crippen LogP contribution in [-0.4, -0.2) is 17.9 Å². The van der Waals surface area contributed by atoms with Gasteiger partial charge in [0.15, 0.2) is 0 Å². The number of rotatable bonds is 5. The highest BCUT2D eigenvalue weighted by Crippen LogP contribution is 2.23. The number of carbonyl (C=O) groups excluding carboxylic acids is 1. The predicted octanol–water partition coefficient (Wildman–Crippen LogP) is 3.83. The lowest BCUT2D eigenvalue weighted by Crippen LogP contribution is -2.28. The van der Waals surface area contributed by atoms with Gasteiger partial charge in [0.2, 0.25) is 0 Å². The van der Waals surface area contributed by atoms with Crippen molar-refractivity contribution in [1.82, 2.24) is 10.3 Å². The van der Waals surface area contributed by atoms with E-state index >= 15 is 0 Å². The van der Waals surface area contributed by atoms with E-state index in [4.69, 9.17) is 0 Å². The molecule has 0 saturated heterocycles. The highest BCUT2D eigenvalue weighted by Gasteiger charge is 2.18. The molecule has 4 nitrogen and oxygen atoms in total. The maximum atomic E-state index is 12.4. The Morgan fingerprint density at radius 1 is 1.55 bits per heavy atom. The molecule has 0 aliphatic rings. The van der Waals surface area contributed by atoms with E-state index in [-0.39, 0.29) is 11.9 Å². The third kappa shape index (κ3) is 3.37. The highest BCUT2D eigenvalue weighted by atomic mass is 79.9. The van der Waals surface area contributed by atoms with Crippen LogP contribution >= 0.6 is 27.3 Å². The zero-order chi connectivity index (χ0) is 14.5. The van der Waals surface area contributed by atoms with Crippen LogP contribution in [0.5, 0.6) is 0 Å². The molecule has 0 saturated carbocycles. The minimum absolute atomic E-state index is 0.0335. The molecule has 0 aliphatic carbocycles. The van der Waals surface area contributed by atoms with Gasteiger partial charge in [-0.15, -0.1) is 11.3 Å². The van der Waals surface area contributed by atoms with Crippen LogP contribution in [0, 0.1) is 0 Å². The number of amides is 1. The van der Waals surface area contributed by atoms with Gasteiger partial charge < -0.3 is 10.6 Å². The lowest BCUT2D eigenvalue weighted by atomic mass is 10.1. The second-order valence-corrected chi connectivity index (χ2v) is 6.14. The van der Waals surface area contributed by atoms with Crippen LogP contribution < -0.4 is 10.6 Å². The Morgan fingerprint density at radius 3 is 2.95 bits per heavy atom. The van der Waals surface area contributed by atoms with E-state index in [1.54, 1.807) is 30.6 Å². The molecule has 20 heavy (non-hydrogen) atoms. The number of anilines is 1. The molecule has 2 aromatic rings. The fourth-order valence-electron chi connectivity index (χ4n) is 1.91. The Kier molecular flexibility index (Phi) is 5.14. The molecule has 0 spiro atoms. The first-order chi connectivity index (χ1) is 9.65. The molecule has 0 aliphatic heterocycles. The average molecular weight is 354 g/mol. The number of carbonyl (C=O) groups is 1. The van der Waals surface area contributed by atoms with Gasteiger partial charge in [-0.2, -0.15) is 0 Å². The molecule has 0 aromatic carbocycles. The van der Waals surface area contributed by atoms with E-state index in [1.807, 2.05) is 17.5 Å². The van der Waals surface area contributed by atoms with Crippen molar-refractivity contribution in [3.05, 3.63) is 44.7 Å². The van der Waals surface area contributed by atoms with E-state index in [2.05, 4.69) is 38.5 Å². The van der Waals surface area contributed by atoms with Crippen molar-refractivity contribution in [2.24, 2.45) is 0 Å². The lowest BCUT2D eigenvalue weighted by Gasteiger charge is -2.16. The van der Waals surface area contributed by atoms with Crippen LogP contribution in [0.15, 0.2) is 34.2 Å². The van der Waals surface area contributed by atoms with Gasteiger partial charge in [-0.25, -0.2) is 4.98 Å². The number of nitrogens with one attached hydrogen (secondary N) is 2. The van der Waals surface area contributed by atoms with Crippen molar-refractivity contribution in [2.75, 3.05) is 12.4 Å². The number of pyridine rings is 1. The van der Waals surface area contributed by atoms with Crippen molar-refractivity contribution in [2.45, 2.75) is 19.4 Å². The quantitative estimate of drug-likeness (QED) is 0.858.